The van der Waals surface area contributed by atoms with Crippen molar-refractivity contribution in [3.05, 3.63) is 29.8 Å². The summed E-state index contributed by atoms with van der Waals surface area (Å²) in [5.41, 5.74) is 2.70. The van der Waals surface area contributed by atoms with Crippen molar-refractivity contribution < 1.29 is 18.0 Å². The number of rotatable bonds is 1. The Bertz CT molecular complexity index is 601. The maximum atomic E-state index is 12.8. The second-order valence-corrected chi connectivity index (χ2v) is 6.24. The zero-order chi connectivity index (χ0) is 14.8. The van der Waals surface area contributed by atoms with Gasteiger partial charge in [-0.15, -0.1) is 0 Å². The molecule has 3 aliphatic rings. The predicted molar refractivity (Wildman–Crippen MR) is 70.2 cm³/mol. The van der Waals surface area contributed by atoms with Gasteiger partial charge < -0.3 is 0 Å². The minimum absolute atomic E-state index is 0.0571. The molecule has 2 bridgehead atoms. The van der Waals surface area contributed by atoms with Crippen molar-refractivity contribution in [3.63, 3.8) is 0 Å². The third-order valence-corrected chi connectivity index (χ3v) is 5.13. The van der Waals surface area contributed by atoms with E-state index in [1.165, 1.54) is 11.1 Å². The van der Waals surface area contributed by atoms with Crippen LogP contribution in [0, 0.1) is 17.8 Å². The predicted octanol–water partition coefficient (Wildman–Crippen LogP) is 2.97. The maximum absolute atomic E-state index is 12.8. The number of nitrogens with one attached hydrogen (secondary N) is 1. The van der Waals surface area contributed by atoms with Crippen molar-refractivity contribution in [2.45, 2.75) is 31.5 Å². The summed E-state index contributed by atoms with van der Waals surface area (Å²) < 4.78 is 38.4. The second-order valence-electron chi connectivity index (χ2n) is 6.24. The summed E-state index contributed by atoms with van der Waals surface area (Å²) in [5, 5.41) is 1.33. The van der Waals surface area contributed by atoms with Crippen LogP contribution < -0.4 is 10.4 Å². The Balaban J connectivity index is 1.65. The standard InChI is InChI=1S/C15H15F3N2O/c16-15(17,18)10-2-1-3-11(7-10)20-14(21)12-8-4-5-9(6-8)13(12)19-20/h1-3,7-9,12-13,19H,4-6H2/t8?,9?,12-,13+/m0/s1. The van der Waals surface area contributed by atoms with Crippen LogP contribution in [0.25, 0.3) is 0 Å². The first-order valence-corrected chi connectivity index (χ1v) is 7.22. The van der Waals surface area contributed by atoms with Gasteiger partial charge in [0.15, 0.2) is 0 Å². The smallest absolute Gasteiger partial charge is 0.273 e. The summed E-state index contributed by atoms with van der Waals surface area (Å²) >= 11 is 0. The zero-order valence-corrected chi connectivity index (χ0v) is 11.2. The lowest BCUT2D eigenvalue weighted by molar-refractivity contribution is -0.137. The highest BCUT2D eigenvalue weighted by Crippen LogP contribution is 2.51. The summed E-state index contributed by atoms with van der Waals surface area (Å²) in [5.74, 6) is 0.750. The minimum Gasteiger partial charge on any atom is -0.273 e. The van der Waals surface area contributed by atoms with E-state index < -0.39 is 11.7 Å². The van der Waals surface area contributed by atoms with Gasteiger partial charge in [0.2, 0.25) is 5.91 Å². The van der Waals surface area contributed by atoms with E-state index in [1.807, 2.05) is 0 Å². The van der Waals surface area contributed by atoms with Gasteiger partial charge in [-0.3, -0.25) is 4.79 Å². The van der Waals surface area contributed by atoms with Crippen molar-refractivity contribution in [3.8, 4) is 0 Å². The number of anilines is 1. The average Bonchev–Trinajstić information content (AvgIpc) is 3.11. The summed E-state index contributed by atoms with van der Waals surface area (Å²) in [6, 6.07) is 5.05. The molecule has 1 N–H and O–H groups in total. The van der Waals surface area contributed by atoms with Crippen LogP contribution in [0.3, 0.4) is 0 Å². The molecule has 2 saturated carbocycles. The van der Waals surface area contributed by atoms with E-state index >= 15 is 0 Å². The molecule has 2 aliphatic carbocycles. The maximum Gasteiger partial charge on any atom is 0.416 e. The number of carbonyl (C=O) groups is 1. The van der Waals surface area contributed by atoms with Gasteiger partial charge in [-0.25, -0.2) is 10.4 Å². The van der Waals surface area contributed by atoms with Crippen molar-refractivity contribution in [1.82, 2.24) is 5.43 Å². The summed E-state index contributed by atoms with van der Waals surface area (Å²) in [4.78, 5) is 12.5. The molecule has 3 fully saturated rings. The first kappa shape index (κ1) is 13.1. The quantitative estimate of drug-likeness (QED) is 0.864. The first-order valence-electron chi connectivity index (χ1n) is 7.22. The fourth-order valence-electron chi connectivity index (χ4n) is 4.22. The molecule has 1 saturated heterocycles. The summed E-state index contributed by atoms with van der Waals surface area (Å²) in [6.07, 6.45) is -1.14. The number of benzene rings is 1. The van der Waals surface area contributed by atoms with Crippen LogP contribution in [-0.4, -0.2) is 11.9 Å². The molecule has 4 atom stereocenters. The van der Waals surface area contributed by atoms with Crippen LogP contribution in [0.15, 0.2) is 24.3 Å². The Labute approximate surface area is 120 Å². The van der Waals surface area contributed by atoms with Gasteiger partial charge in [0.25, 0.3) is 0 Å². The van der Waals surface area contributed by atoms with E-state index in [9.17, 15) is 18.0 Å². The third-order valence-electron chi connectivity index (χ3n) is 5.13. The van der Waals surface area contributed by atoms with Crippen molar-refractivity contribution in [2.75, 3.05) is 5.01 Å². The monoisotopic (exact) mass is 296 g/mol. The molecular weight excluding hydrogens is 281 g/mol. The Morgan fingerprint density at radius 2 is 1.95 bits per heavy atom. The molecular formula is C15H15F3N2O. The Morgan fingerprint density at radius 1 is 1.19 bits per heavy atom. The highest BCUT2D eigenvalue weighted by molar-refractivity contribution is 5.97. The molecule has 112 valence electrons. The molecule has 1 aromatic carbocycles. The van der Waals surface area contributed by atoms with E-state index in [-0.39, 0.29) is 23.6 Å². The fraction of sp³-hybridized carbons (Fsp3) is 0.533. The molecule has 0 aromatic heterocycles. The SMILES string of the molecule is O=C1[C@H]2C3CCC(C3)[C@H]2NN1c1cccc(C(F)(F)F)c1. The van der Waals surface area contributed by atoms with E-state index in [0.717, 1.165) is 31.4 Å². The summed E-state index contributed by atoms with van der Waals surface area (Å²) in [6.45, 7) is 0. The average molecular weight is 296 g/mol. The number of hydrogen-bond donors (Lipinski definition) is 1. The molecule has 1 amide bonds. The van der Waals surface area contributed by atoms with Crippen LogP contribution in [0.4, 0.5) is 18.9 Å². The molecule has 1 aromatic rings. The van der Waals surface area contributed by atoms with E-state index in [0.29, 0.717) is 11.8 Å². The number of hydrogen-bond acceptors (Lipinski definition) is 2. The van der Waals surface area contributed by atoms with Gasteiger partial charge in [-0.1, -0.05) is 6.07 Å². The molecule has 6 heteroatoms. The molecule has 0 spiro atoms. The zero-order valence-electron chi connectivity index (χ0n) is 11.2. The number of nitrogens with zero attached hydrogens (tertiary/aromatic N) is 1. The normalized spacial score (nSPS) is 34.6. The topological polar surface area (TPSA) is 32.3 Å². The van der Waals surface area contributed by atoms with Crippen LogP contribution in [0.5, 0.6) is 0 Å². The highest BCUT2D eigenvalue weighted by Gasteiger charge is 2.56. The Hall–Kier alpha value is -1.56. The Morgan fingerprint density at radius 3 is 2.67 bits per heavy atom. The number of amides is 1. The highest BCUT2D eigenvalue weighted by atomic mass is 19.4. The molecule has 1 aliphatic heterocycles. The van der Waals surface area contributed by atoms with Gasteiger partial charge >= 0.3 is 6.18 Å². The minimum atomic E-state index is -4.40. The number of hydrazine groups is 1. The van der Waals surface area contributed by atoms with Crippen molar-refractivity contribution >= 4 is 11.6 Å². The van der Waals surface area contributed by atoms with Crippen LogP contribution in [0.1, 0.15) is 24.8 Å². The van der Waals surface area contributed by atoms with Gasteiger partial charge in [-0.05, 0) is 49.3 Å². The van der Waals surface area contributed by atoms with Crippen LogP contribution in [-0.2, 0) is 11.0 Å². The van der Waals surface area contributed by atoms with Crippen LogP contribution in [0.2, 0.25) is 0 Å². The number of halogens is 3. The van der Waals surface area contributed by atoms with E-state index in [4.69, 9.17) is 0 Å². The van der Waals surface area contributed by atoms with Gasteiger partial charge in [-0.2, -0.15) is 13.2 Å². The molecule has 21 heavy (non-hydrogen) atoms. The molecule has 2 unspecified atom stereocenters. The fourth-order valence-corrected chi connectivity index (χ4v) is 4.22. The molecule has 3 nitrogen and oxygen atoms in total. The van der Waals surface area contributed by atoms with Gasteiger partial charge in [0.05, 0.1) is 17.2 Å². The molecule has 1 heterocycles. The number of carbonyl (C=O) groups excluding carboxylic acids is 1. The number of fused-ring (bicyclic) bond motifs is 5. The van der Waals surface area contributed by atoms with Crippen molar-refractivity contribution in [2.24, 2.45) is 17.8 Å². The second kappa shape index (κ2) is 4.22. The van der Waals surface area contributed by atoms with Gasteiger partial charge in [0, 0.05) is 6.04 Å². The molecule has 4 rings (SSSR count). The Kier molecular flexibility index (Phi) is 2.64. The lowest BCUT2D eigenvalue weighted by Gasteiger charge is -2.22. The summed E-state index contributed by atoms with van der Waals surface area (Å²) in [7, 11) is 0. The van der Waals surface area contributed by atoms with E-state index in [1.54, 1.807) is 6.07 Å². The first-order chi connectivity index (χ1) is 9.95. The lowest BCUT2D eigenvalue weighted by atomic mass is 9.85. The largest absolute Gasteiger partial charge is 0.416 e. The van der Waals surface area contributed by atoms with E-state index in [2.05, 4.69) is 5.43 Å². The lowest BCUT2D eigenvalue weighted by Crippen LogP contribution is -2.40. The molecule has 0 radical (unpaired) electrons. The number of alkyl halides is 3. The van der Waals surface area contributed by atoms with Crippen molar-refractivity contribution in [1.29, 1.82) is 0 Å². The third kappa shape index (κ3) is 1.88. The van der Waals surface area contributed by atoms with Gasteiger partial charge in [0.1, 0.15) is 0 Å². The van der Waals surface area contributed by atoms with Crippen LogP contribution >= 0.6 is 0 Å².